The SMILES string of the molecule is CCCNC(=O)c1ccccc1NC(=O)Nc1ccc(Cl)cc1. The maximum Gasteiger partial charge on any atom is 0.323 e. The molecular formula is C17H18ClN3O2. The molecule has 0 unspecified atom stereocenters. The van der Waals surface area contributed by atoms with Crippen molar-refractivity contribution in [3.63, 3.8) is 0 Å². The molecule has 0 bridgehead atoms. The third-order valence-electron chi connectivity index (χ3n) is 3.06. The van der Waals surface area contributed by atoms with Crippen LogP contribution in [-0.4, -0.2) is 18.5 Å². The number of urea groups is 1. The van der Waals surface area contributed by atoms with Gasteiger partial charge in [0.2, 0.25) is 0 Å². The maximum atomic E-state index is 12.1. The van der Waals surface area contributed by atoms with Crippen molar-refractivity contribution in [1.29, 1.82) is 0 Å². The molecule has 0 fully saturated rings. The summed E-state index contributed by atoms with van der Waals surface area (Å²) in [6.07, 6.45) is 0.846. The quantitative estimate of drug-likeness (QED) is 0.771. The van der Waals surface area contributed by atoms with Crippen molar-refractivity contribution in [2.24, 2.45) is 0 Å². The summed E-state index contributed by atoms with van der Waals surface area (Å²) in [5.74, 6) is -0.214. The van der Waals surface area contributed by atoms with Crippen LogP contribution in [0.4, 0.5) is 16.2 Å². The topological polar surface area (TPSA) is 70.2 Å². The smallest absolute Gasteiger partial charge is 0.323 e. The number of hydrogen-bond donors (Lipinski definition) is 3. The van der Waals surface area contributed by atoms with E-state index < -0.39 is 6.03 Å². The van der Waals surface area contributed by atoms with E-state index in [4.69, 9.17) is 11.6 Å². The minimum atomic E-state index is -0.428. The Morgan fingerprint density at radius 1 is 1.00 bits per heavy atom. The first-order chi connectivity index (χ1) is 11.1. The third-order valence-corrected chi connectivity index (χ3v) is 3.31. The van der Waals surface area contributed by atoms with E-state index in [1.54, 1.807) is 48.5 Å². The van der Waals surface area contributed by atoms with Gasteiger partial charge >= 0.3 is 6.03 Å². The number of halogens is 1. The number of carbonyl (C=O) groups excluding carboxylic acids is 2. The summed E-state index contributed by atoms with van der Waals surface area (Å²) < 4.78 is 0. The molecule has 3 amide bonds. The molecule has 2 aromatic carbocycles. The number of hydrogen-bond acceptors (Lipinski definition) is 2. The second-order valence-corrected chi connectivity index (χ2v) is 5.32. The Hall–Kier alpha value is -2.53. The summed E-state index contributed by atoms with van der Waals surface area (Å²) >= 11 is 5.80. The van der Waals surface area contributed by atoms with Gasteiger partial charge in [-0.2, -0.15) is 0 Å². The van der Waals surface area contributed by atoms with Gasteiger partial charge in [-0.05, 0) is 42.8 Å². The van der Waals surface area contributed by atoms with Gasteiger partial charge < -0.3 is 16.0 Å². The highest BCUT2D eigenvalue weighted by Gasteiger charge is 2.12. The summed E-state index contributed by atoms with van der Waals surface area (Å²) in [5, 5.41) is 8.76. The van der Waals surface area contributed by atoms with Crippen molar-refractivity contribution in [3.8, 4) is 0 Å². The maximum absolute atomic E-state index is 12.1. The number of anilines is 2. The highest BCUT2D eigenvalue weighted by molar-refractivity contribution is 6.30. The lowest BCUT2D eigenvalue weighted by Gasteiger charge is -2.12. The Bertz CT molecular complexity index is 686. The lowest BCUT2D eigenvalue weighted by atomic mass is 10.1. The van der Waals surface area contributed by atoms with E-state index in [0.717, 1.165) is 6.42 Å². The van der Waals surface area contributed by atoms with Crippen molar-refractivity contribution >= 4 is 34.9 Å². The summed E-state index contributed by atoms with van der Waals surface area (Å²) in [4.78, 5) is 24.2. The van der Waals surface area contributed by atoms with Crippen LogP contribution in [0, 0.1) is 0 Å². The van der Waals surface area contributed by atoms with Gasteiger partial charge in [-0.1, -0.05) is 30.7 Å². The molecule has 0 saturated heterocycles. The van der Waals surface area contributed by atoms with E-state index in [2.05, 4.69) is 16.0 Å². The highest BCUT2D eigenvalue weighted by Crippen LogP contribution is 2.17. The summed E-state index contributed by atoms with van der Waals surface area (Å²) in [7, 11) is 0. The summed E-state index contributed by atoms with van der Waals surface area (Å²) in [6.45, 7) is 2.56. The van der Waals surface area contributed by atoms with Crippen molar-refractivity contribution in [2.75, 3.05) is 17.2 Å². The van der Waals surface area contributed by atoms with Gasteiger partial charge in [0, 0.05) is 17.3 Å². The first-order valence-corrected chi connectivity index (χ1v) is 7.68. The number of carbonyl (C=O) groups is 2. The van der Waals surface area contributed by atoms with Crippen LogP contribution in [0.3, 0.4) is 0 Å². The molecule has 0 aliphatic heterocycles. The predicted octanol–water partition coefficient (Wildman–Crippen LogP) is 4.12. The number of amides is 3. The van der Waals surface area contributed by atoms with Gasteiger partial charge in [-0.3, -0.25) is 4.79 Å². The van der Waals surface area contributed by atoms with Gasteiger partial charge in [0.25, 0.3) is 5.91 Å². The Balaban J connectivity index is 2.05. The Kier molecular flexibility index (Phi) is 6.00. The second kappa shape index (κ2) is 8.19. The minimum absolute atomic E-state index is 0.214. The van der Waals surface area contributed by atoms with Crippen LogP contribution in [0.2, 0.25) is 5.02 Å². The van der Waals surface area contributed by atoms with E-state index in [1.165, 1.54) is 0 Å². The molecule has 5 nitrogen and oxygen atoms in total. The first kappa shape index (κ1) is 16.8. The Labute approximate surface area is 140 Å². The van der Waals surface area contributed by atoms with Crippen LogP contribution < -0.4 is 16.0 Å². The number of nitrogens with one attached hydrogen (secondary N) is 3. The summed E-state index contributed by atoms with van der Waals surface area (Å²) in [5.41, 5.74) is 1.49. The van der Waals surface area contributed by atoms with E-state index in [1.807, 2.05) is 6.92 Å². The first-order valence-electron chi connectivity index (χ1n) is 7.31. The normalized spacial score (nSPS) is 10.0. The predicted molar refractivity (Wildman–Crippen MR) is 93.2 cm³/mol. The lowest BCUT2D eigenvalue weighted by Crippen LogP contribution is -2.26. The van der Waals surface area contributed by atoms with Crippen molar-refractivity contribution in [1.82, 2.24) is 5.32 Å². The van der Waals surface area contributed by atoms with Crippen molar-refractivity contribution in [3.05, 3.63) is 59.1 Å². The van der Waals surface area contributed by atoms with Crippen LogP contribution in [0.25, 0.3) is 0 Å². The van der Waals surface area contributed by atoms with Gasteiger partial charge in [0.05, 0.1) is 11.3 Å². The molecule has 0 aromatic heterocycles. The van der Waals surface area contributed by atoms with E-state index in [0.29, 0.717) is 28.5 Å². The standard InChI is InChI=1S/C17H18ClN3O2/c1-2-11-19-16(22)14-5-3-4-6-15(14)21-17(23)20-13-9-7-12(18)8-10-13/h3-10H,2,11H2,1H3,(H,19,22)(H2,20,21,23). The molecule has 0 saturated carbocycles. The van der Waals surface area contributed by atoms with Crippen molar-refractivity contribution in [2.45, 2.75) is 13.3 Å². The molecule has 6 heteroatoms. The average molecular weight is 332 g/mol. The molecule has 23 heavy (non-hydrogen) atoms. The van der Waals surface area contributed by atoms with Gasteiger partial charge in [0.1, 0.15) is 0 Å². The molecule has 0 heterocycles. The fourth-order valence-electron chi connectivity index (χ4n) is 1.94. The molecule has 3 N–H and O–H groups in total. The van der Waals surface area contributed by atoms with E-state index >= 15 is 0 Å². The Morgan fingerprint density at radius 3 is 2.39 bits per heavy atom. The van der Waals surface area contributed by atoms with Crippen LogP contribution in [0.5, 0.6) is 0 Å². The zero-order chi connectivity index (χ0) is 16.7. The summed E-state index contributed by atoms with van der Waals surface area (Å²) in [6, 6.07) is 13.2. The minimum Gasteiger partial charge on any atom is -0.352 e. The zero-order valence-corrected chi connectivity index (χ0v) is 13.5. The fraction of sp³-hybridized carbons (Fsp3) is 0.176. The molecule has 0 radical (unpaired) electrons. The van der Waals surface area contributed by atoms with E-state index in [9.17, 15) is 9.59 Å². The van der Waals surface area contributed by atoms with E-state index in [-0.39, 0.29) is 5.91 Å². The van der Waals surface area contributed by atoms with Crippen LogP contribution in [0.15, 0.2) is 48.5 Å². The van der Waals surface area contributed by atoms with Crippen LogP contribution in [-0.2, 0) is 0 Å². The molecule has 120 valence electrons. The van der Waals surface area contributed by atoms with Gasteiger partial charge in [-0.25, -0.2) is 4.79 Å². The average Bonchev–Trinajstić information content (AvgIpc) is 2.55. The molecule has 2 rings (SSSR count). The van der Waals surface area contributed by atoms with Crippen molar-refractivity contribution < 1.29 is 9.59 Å². The van der Waals surface area contributed by atoms with Gasteiger partial charge in [-0.15, -0.1) is 0 Å². The molecule has 0 aliphatic rings. The molecule has 0 atom stereocenters. The molecular weight excluding hydrogens is 314 g/mol. The third kappa shape index (κ3) is 5.00. The lowest BCUT2D eigenvalue weighted by molar-refractivity contribution is 0.0954. The molecule has 2 aromatic rings. The second-order valence-electron chi connectivity index (χ2n) is 4.89. The van der Waals surface area contributed by atoms with Crippen LogP contribution in [0.1, 0.15) is 23.7 Å². The highest BCUT2D eigenvalue weighted by atomic mass is 35.5. The van der Waals surface area contributed by atoms with Crippen LogP contribution >= 0.6 is 11.6 Å². The number of para-hydroxylation sites is 1. The molecule has 0 aliphatic carbocycles. The zero-order valence-electron chi connectivity index (χ0n) is 12.7. The fourth-order valence-corrected chi connectivity index (χ4v) is 2.07. The Morgan fingerprint density at radius 2 is 1.70 bits per heavy atom. The van der Waals surface area contributed by atoms with Gasteiger partial charge in [0.15, 0.2) is 0 Å². The number of benzene rings is 2. The monoisotopic (exact) mass is 331 g/mol. The number of rotatable bonds is 5. The molecule has 0 spiro atoms. The largest absolute Gasteiger partial charge is 0.352 e.